The van der Waals surface area contributed by atoms with Crippen molar-refractivity contribution in [3.8, 4) is 22.7 Å². The van der Waals surface area contributed by atoms with Gasteiger partial charge in [0.2, 0.25) is 11.8 Å². The van der Waals surface area contributed by atoms with Crippen LogP contribution in [0.1, 0.15) is 24.8 Å². The molecule has 0 atom stereocenters. The summed E-state index contributed by atoms with van der Waals surface area (Å²) >= 11 is 5.08. The number of imidazole rings is 1. The highest BCUT2D eigenvalue weighted by Gasteiger charge is 2.29. The molecule has 5 rings (SSSR count). The number of nitrogens with zero attached hydrogens (tertiary/aromatic N) is 4. The molecular weight excluding hydrogens is 436 g/mol. The number of benzene rings is 2. The molecule has 0 saturated heterocycles. The molecule has 1 saturated carbocycles. The Morgan fingerprint density at radius 2 is 1.79 bits per heavy atom. The molecule has 0 bridgehead atoms. The van der Waals surface area contributed by atoms with Crippen LogP contribution in [-0.4, -0.2) is 19.7 Å². The predicted molar refractivity (Wildman–Crippen MR) is 113 cm³/mol. The molecule has 0 N–H and O–H groups in total. The molecule has 2 aromatic carbocycles. The highest BCUT2D eigenvalue weighted by Crippen LogP contribution is 2.42. The molecule has 7 heteroatoms. The quantitative estimate of drug-likeness (QED) is 0.336. The van der Waals surface area contributed by atoms with E-state index in [9.17, 15) is 0 Å². The maximum atomic E-state index is 5.84. The van der Waals surface area contributed by atoms with E-state index in [0.717, 1.165) is 15.2 Å². The summed E-state index contributed by atoms with van der Waals surface area (Å²) in [5.74, 6) is 1.75. The second-order valence-corrected chi connectivity index (χ2v) is 8.55. The van der Waals surface area contributed by atoms with Gasteiger partial charge in [0.05, 0.1) is 17.6 Å². The topological polar surface area (TPSA) is 56.7 Å². The maximum absolute atomic E-state index is 5.84. The van der Waals surface area contributed by atoms with E-state index in [0.29, 0.717) is 23.6 Å². The number of hydrogen-bond acceptors (Lipinski definition) is 5. The van der Waals surface area contributed by atoms with Gasteiger partial charge in [-0.15, -0.1) is 10.2 Å². The lowest BCUT2D eigenvalue weighted by Crippen LogP contribution is -1.99. The van der Waals surface area contributed by atoms with Crippen LogP contribution in [0.25, 0.3) is 22.7 Å². The molecule has 0 amide bonds. The van der Waals surface area contributed by atoms with Crippen LogP contribution in [0.15, 0.2) is 74.8 Å². The van der Waals surface area contributed by atoms with Crippen LogP contribution in [-0.2, 0) is 5.75 Å². The summed E-state index contributed by atoms with van der Waals surface area (Å²) in [5.41, 5.74) is 3.29. The fraction of sp³-hybridized carbons (Fsp3) is 0.190. The standard InChI is InChI=1S/C21H17BrN4OS/c22-16-8-6-15(7-9-16)20-25-24-19(27-20)13-28-21-23-12-18(26(21)17-10-11-17)14-4-2-1-3-5-14/h1-9,12,17H,10-11,13H2. The van der Waals surface area contributed by atoms with Gasteiger partial charge in [-0.3, -0.25) is 0 Å². The number of hydrogen-bond donors (Lipinski definition) is 0. The Hall–Kier alpha value is -2.38. The van der Waals surface area contributed by atoms with E-state index < -0.39 is 0 Å². The molecule has 4 aromatic rings. The third-order valence-corrected chi connectivity index (χ3v) is 6.11. The number of thioether (sulfide) groups is 1. The first-order chi connectivity index (χ1) is 13.8. The molecule has 2 aromatic heterocycles. The van der Waals surface area contributed by atoms with Crippen LogP contribution < -0.4 is 0 Å². The molecule has 0 spiro atoms. The van der Waals surface area contributed by atoms with Crippen molar-refractivity contribution >= 4 is 27.7 Å². The molecule has 1 fully saturated rings. The first-order valence-electron chi connectivity index (χ1n) is 9.12. The van der Waals surface area contributed by atoms with Crippen molar-refractivity contribution < 1.29 is 4.42 Å². The summed E-state index contributed by atoms with van der Waals surface area (Å²) in [4.78, 5) is 4.67. The molecule has 0 aliphatic heterocycles. The minimum absolute atomic E-state index is 0.540. The van der Waals surface area contributed by atoms with Gasteiger partial charge in [-0.2, -0.15) is 0 Å². The Morgan fingerprint density at radius 1 is 1.00 bits per heavy atom. The van der Waals surface area contributed by atoms with Gasteiger partial charge in [0.1, 0.15) is 0 Å². The minimum Gasteiger partial charge on any atom is -0.420 e. The van der Waals surface area contributed by atoms with Crippen molar-refractivity contribution in [2.75, 3.05) is 0 Å². The first-order valence-corrected chi connectivity index (χ1v) is 10.9. The summed E-state index contributed by atoms with van der Waals surface area (Å²) in [6.07, 6.45) is 4.38. The fourth-order valence-corrected chi connectivity index (χ4v) is 4.25. The minimum atomic E-state index is 0.540. The molecule has 140 valence electrons. The molecule has 1 aliphatic carbocycles. The number of rotatable bonds is 6. The Morgan fingerprint density at radius 3 is 2.54 bits per heavy atom. The van der Waals surface area contributed by atoms with E-state index in [1.165, 1.54) is 24.1 Å². The molecule has 0 radical (unpaired) electrons. The van der Waals surface area contributed by atoms with Gasteiger partial charge in [0, 0.05) is 16.1 Å². The lowest BCUT2D eigenvalue weighted by Gasteiger charge is -2.10. The zero-order valence-corrected chi connectivity index (χ0v) is 17.4. The van der Waals surface area contributed by atoms with Gasteiger partial charge in [-0.1, -0.05) is 58.0 Å². The Labute approximate surface area is 175 Å². The van der Waals surface area contributed by atoms with Gasteiger partial charge in [0.15, 0.2) is 5.16 Å². The normalized spacial score (nSPS) is 13.8. The van der Waals surface area contributed by atoms with Gasteiger partial charge >= 0.3 is 0 Å². The largest absolute Gasteiger partial charge is 0.420 e. The van der Waals surface area contributed by atoms with E-state index in [2.05, 4.69) is 59.9 Å². The van der Waals surface area contributed by atoms with Gasteiger partial charge in [0.25, 0.3) is 0 Å². The zero-order chi connectivity index (χ0) is 18.9. The summed E-state index contributed by atoms with van der Waals surface area (Å²) in [6.45, 7) is 0. The van der Waals surface area contributed by atoms with Gasteiger partial charge < -0.3 is 8.98 Å². The first kappa shape index (κ1) is 17.7. The highest BCUT2D eigenvalue weighted by atomic mass is 79.9. The van der Waals surface area contributed by atoms with Crippen molar-refractivity contribution in [1.29, 1.82) is 0 Å². The molecular formula is C21H17BrN4OS. The molecule has 1 aliphatic rings. The summed E-state index contributed by atoms with van der Waals surface area (Å²) in [7, 11) is 0. The smallest absolute Gasteiger partial charge is 0.247 e. The van der Waals surface area contributed by atoms with E-state index in [-0.39, 0.29) is 0 Å². The second kappa shape index (κ2) is 7.56. The summed E-state index contributed by atoms with van der Waals surface area (Å²) < 4.78 is 9.22. The lowest BCUT2D eigenvalue weighted by atomic mass is 10.2. The molecule has 28 heavy (non-hydrogen) atoms. The Kier molecular flexibility index (Phi) is 4.78. The van der Waals surface area contributed by atoms with Gasteiger partial charge in [-0.05, 0) is 42.7 Å². The predicted octanol–water partition coefficient (Wildman–Crippen LogP) is 5.99. The van der Waals surface area contributed by atoms with Crippen LogP contribution in [0, 0.1) is 0 Å². The third-order valence-electron chi connectivity index (χ3n) is 4.63. The molecule has 5 nitrogen and oxygen atoms in total. The fourth-order valence-electron chi connectivity index (χ4n) is 3.11. The van der Waals surface area contributed by atoms with E-state index in [4.69, 9.17) is 4.42 Å². The maximum Gasteiger partial charge on any atom is 0.247 e. The average molecular weight is 453 g/mol. The lowest BCUT2D eigenvalue weighted by molar-refractivity contribution is 0.528. The van der Waals surface area contributed by atoms with Crippen LogP contribution in [0.2, 0.25) is 0 Å². The van der Waals surface area contributed by atoms with Crippen molar-refractivity contribution in [2.45, 2.75) is 29.8 Å². The van der Waals surface area contributed by atoms with Crippen molar-refractivity contribution in [3.05, 3.63) is 71.2 Å². The summed E-state index contributed by atoms with van der Waals surface area (Å²) in [5, 5.41) is 9.38. The average Bonchev–Trinajstić information content (AvgIpc) is 3.30. The van der Waals surface area contributed by atoms with Crippen molar-refractivity contribution in [3.63, 3.8) is 0 Å². The van der Waals surface area contributed by atoms with Crippen LogP contribution in [0.4, 0.5) is 0 Å². The zero-order valence-electron chi connectivity index (χ0n) is 15.0. The van der Waals surface area contributed by atoms with Crippen molar-refractivity contribution in [1.82, 2.24) is 19.7 Å². The number of halogens is 1. The van der Waals surface area contributed by atoms with E-state index >= 15 is 0 Å². The second-order valence-electron chi connectivity index (χ2n) is 6.69. The molecule has 2 heterocycles. The van der Waals surface area contributed by atoms with Crippen LogP contribution in [0.5, 0.6) is 0 Å². The van der Waals surface area contributed by atoms with E-state index in [1.54, 1.807) is 11.8 Å². The molecule has 0 unspecified atom stereocenters. The third kappa shape index (κ3) is 3.64. The van der Waals surface area contributed by atoms with Crippen LogP contribution in [0.3, 0.4) is 0 Å². The van der Waals surface area contributed by atoms with Crippen molar-refractivity contribution in [2.24, 2.45) is 0 Å². The summed E-state index contributed by atoms with van der Waals surface area (Å²) in [6, 6.07) is 18.8. The van der Waals surface area contributed by atoms with E-state index in [1.807, 2.05) is 36.5 Å². The Balaban J connectivity index is 1.35. The monoisotopic (exact) mass is 452 g/mol. The SMILES string of the molecule is Brc1ccc(-c2nnc(CSc3ncc(-c4ccccc4)n3C3CC3)o2)cc1. The highest BCUT2D eigenvalue weighted by molar-refractivity contribution is 9.10. The number of aromatic nitrogens is 4. The van der Waals surface area contributed by atoms with Gasteiger partial charge in [-0.25, -0.2) is 4.98 Å². The van der Waals surface area contributed by atoms with Crippen LogP contribution >= 0.6 is 27.7 Å². The Bertz CT molecular complexity index is 1090.